The lowest BCUT2D eigenvalue weighted by atomic mass is 9.74. The number of carboxylic acids is 1. The molecule has 0 aliphatic heterocycles. The molecule has 0 aromatic carbocycles. The molecule has 120 valence electrons. The second kappa shape index (κ2) is 6.60. The first-order valence-corrected chi connectivity index (χ1v) is 7.61. The molecular weight excluding hydrogens is 268 g/mol. The molecule has 0 saturated carbocycles. The van der Waals surface area contributed by atoms with Crippen molar-refractivity contribution in [3.05, 3.63) is 11.8 Å². The summed E-state index contributed by atoms with van der Waals surface area (Å²) in [5.41, 5.74) is -0.547. The molecule has 5 nitrogen and oxygen atoms in total. The summed E-state index contributed by atoms with van der Waals surface area (Å²) in [5.74, 6) is -0.877. The monoisotopic (exact) mass is 296 g/mol. The summed E-state index contributed by atoms with van der Waals surface area (Å²) in [6.07, 6.45) is 5.20. The van der Waals surface area contributed by atoms with Crippen LogP contribution in [-0.4, -0.2) is 40.5 Å². The maximum Gasteiger partial charge on any atom is 0.310 e. The van der Waals surface area contributed by atoms with Crippen LogP contribution in [0.25, 0.3) is 0 Å². The fourth-order valence-corrected chi connectivity index (χ4v) is 2.32. The van der Waals surface area contributed by atoms with Crippen molar-refractivity contribution in [1.82, 2.24) is 10.2 Å². The van der Waals surface area contributed by atoms with Crippen LogP contribution in [0.1, 0.15) is 53.9 Å². The van der Waals surface area contributed by atoms with E-state index < -0.39 is 16.9 Å². The Morgan fingerprint density at radius 1 is 1.33 bits per heavy atom. The van der Waals surface area contributed by atoms with Crippen LogP contribution < -0.4 is 5.32 Å². The van der Waals surface area contributed by atoms with Gasteiger partial charge in [0.2, 0.25) is 5.91 Å². The van der Waals surface area contributed by atoms with Gasteiger partial charge < -0.3 is 15.3 Å². The molecule has 0 aromatic heterocycles. The summed E-state index contributed by atoms with van der Waals surface area (Å²) in [6, 6.07) is 0. The average Bonchev–Trinajstić information content (AvgIpc) is 2.90. The van der Waals surface area contributed by atoms with E-state index in [1.165, 1.54) is 0 Å². The molecule has 1 amide bonds. The molecule has 0 atom stereocenters. The molecule has 5 heteroatoms. The lowest BCUT2D eigenvalue weighted by molar-refractivity contribution is -0.151. The van der Waals surface area contributed by atoms with Gasteiger partial charge in [-0.1, -0.05) is 6.08 Å². The zero-order chi connectivity index (χ0) is 16.3. The molecular formula is C16H28N2O3. The number of hydrogen-bond donors (Lipinski definition) is 2. The number of carbonyl (C=O) groups is 2. The van der Waals surface area contributed by atoms with Gasteiger partial charge in [-0.25, -0.2) is 0 Å². The first-order valence-electron chi connectivity index (χ1n) is 7.61. The number of rotatable bonds is 7. The van der Waals surface area contributed by atoms with E-state index in [1.807, 2.05) is 20.8 Å². The summed E-state index contributed by atoms with van der Waals surface area (Å²) in [7, 11) is 0. The number of amides is 1. The van der Waals surface area contributed by atoms with Crippen molar-refractivity contribution >= 4 is 11.9 Å². The Bertz CT molecular complexity index is 439. The van der Waals surface area contributed by atoms with Crippen molar-refractivity contribution in [3.8, 4) is 0 Å². The molecule has 0 unspecified atom stereocenters. The number of nitrogens with zero attached hydrogens (tertiary/aromatic N) is 1. The standard InChI is InChI=1S/C16H28N2O3/c1-6-18(12-9-7-8-10-12)13(19)11-17-16(4,5)15(2,3)14(20)21/h9,17H,6-8,10-11H2,1-5H3,(H,20,21). The minimum atomic E-state index is -0.961. The van der Waals surface area contributed by atoms with E-state index in [0.717, 1.165) is 25.0 Å². The highest BCUT2D eigenvalue weighted by atomic mass is 16.4. The zero-order valence-corrected chi connectivity index (χ0v) is 13.8. The van der Waals surface area contributed by atoms with Gasteiger partial charge in [-0.3, -0.25) is 9.59 Å². The van der Waals surface area contributed by atoms with Gasteiger partial charge in [0.1, 0.15) is 0 Å². The van der Waals surface area contributed by atoms with Crippen molar-refractivity contribution in [2.75, 3.05) is 13.1 Å². The molecule has 2 N–H and O–H groups in total. The van der Waals surface area contributed by atoms with Gasteiger partial charge in [-0.2, -0.15) is 0 Å². The molecule has 0 heterocycles. The Morgan fingerprint density at radius 2 is 1.95 bits per heavy atom. The molecule has 0 bridgehead atoms. The number of allylic oxidation sites excluding steroid dienone is 2. The third kappa shape index (κ3) is 3.84. The van der Waals surface area contributed by atoms with E-state index in [4.69, 9.17) is 0 Å². The van der Waals surface area contributed by atoms with Crippen LogP contribution in [0.3, 0.4) is 0 Å². The first kappa shape index (κ1) is 17.7. The molecule has 0 fully saturated rings. The van der Waals surface area contributed by atoms with Gasteiger partial charge in [-0.05, 0) is 53.9 Å². The highest BCUT2D eigenvalue weighted by Gasteiger charge is 2.43. The van der Waals surface area contributed by atoms with E-state index in [1.54, 1.807) is 18.7 Å². The summed E-state index contributed by atoms with van der Waals surface area (Å²) in [4.78, 5) is 25.5. The molecule has 1 aliphatic carbocycles. The van der Waals surface area contributed by atoms with Crippen LogP contribution in [-0.2, 0) is 9.59 Å². The third-order valence-corrected chi connectivity index (χ3v) is 4.76. The maximum absolute atomic E-state index is 12.4. The third-order valence-electron chi connectivity index (χ3n) is 4.76. The fourth-order valence-electron chi connectivity index (χ4n) is 2.32. The highest BCUT2D eigenvalue weighted by Crippen LogP contribution is 2.30. The molecule has 0 radical (unpaired) electrons. The number of nitrogens with one attached hydrogen (secondary N) is 1. The van der Waals surface area contributed by atoms with Gasteiger partial charge in [0.25, 0.3) is 0 Å². The number of carbonyl (C=O) groups excluding carboxylic acids is 1. The maximum atomic E-state index is 12.4. The molecule has 1 rings (SSSR count). The van der Waals surface area contributed by atoms with E-state index in [2.05, 4.69) is 11.4 Å². The fraction of sp³-hybridized carbons (Fsp3) is 0.750. The molecule has 0 saturated heterocycles. The Morgan fingerprint density at radius 3 is 2.38 bits per heavy atom. The summed E-state index contributed by atoms with van der Waals surface area (Å²) in [5, 5.41) is 12.4. The highest BCUT2D eigenvalue weighted by molar-refractivity contribution is 5.80. The Kier molecular flexibility index (Phi) is 5.56. The number of carboxylic acid groups (broad SMARTS) is 1. The predicted molar refractivity (Wildman–Crippen MR) is 82.8 cm³/mol. The van der Waals surface area contributed by atoms with Crippen molar-refractivity contribution in [2.45, 2.75) is 59.4 Å². The number of likely N-dealkylation sites (N-methyl/N-ethyl adjacent to an activating group) is 1. The average molecular weight is 296 g/mol. The van der Waals surface area contributed by atoms with Crippen molar-refractivity contribution < 1.29 is 14.7 Å². The topological polar surface area (TPSA) is 69.6 Å². The Labute approximate surface area is 127 Å². The summed E-state index contributed by atoms with van der Waals surface area (Å²) >= 11 is 0. The lowest BCUT2D eigenvalue weighted by Gasteiger charge is -2.39. The quantitative estimate of drug-likeness (QED) is 0.757. The van der Waals surface area contributed by atoms with Crippen LogP contribution in [0.5, 0.6) is 0 Å². The molecule has 21 heavy (non-hydrogen) atoms. The largest absolute Gasteiger partial charge is 0.481 e. The van der Waals surface area contributed by atoms with E-state index >= 15 is 0 Å². The minimum Gasteiger partial charge on any atom is -0.481 e. The number of aliphatic carboxylic acids is 1. The van der Waals surface area contributed by atoms with Crippen molar-refractivity contribution in [2.24, 2.45) is 5.41 Å². The van der Waals surface area contributed by atoms with Crippen LogP contribution in [0.2, 0.25) is 0 Å². The molecule has 0 spiro atoms. The molecule has 1 aliphatic rings. The van der Waals surface area contributed by atoms with E-state index in [-0.39, 0.29) is 12.5 Å². The summed E-state index contributed by atoms with van der Waals surface area (Å²) < 4.78 is 0. The van der Waals surface area contributed by atoms with E-state index in [9.17, 15) is 14.7 Å². The zero-order valence-electron chi connectivity index (χ0n) is 13.8. The van der Waals surface area contributed by atoms with Gasteiger partial charge in [0, 0.05) is 17.8 Å². The lowest BCUT2D eigenvalue weighted by Crippen LogP contribution is -2.57. The van der Waals surface area contributed by atoms with Crippen LogP contribution in [0.15, 0.2) is 11.8 Å². The predicted octanol–water partition coefficient (Wildman–Crippen LogP) is 2.38. The van der Waals surface area contributed by atoms with Crippen molar-refractivity contribution in [3.63, 3.8) is 0 Å². The van der Waals surface area contributed by atoms with E-state index in [0.29, 0.717) is 6.54 Å². The molecule has 0 aromatic rings. The second-order valence-corrected chi connectivity index (χ2v) is 6.63. The Balaban J connectivity index is 2.68. The Hall–Kier alpha value is -1.36. The second-order valence-electron chi connectivity index (χ2n) is 6.63. The van der Waals surface area contributed by atoms with Gasteiger partial charge >= 0.3 is 5.97 Å². The minimum absolute atomic E-state index is 0.0000798. The SMILES string of the molecule is CCN(C(=O)CNC(C)(C)C(C)(C)C(=O)O)C1=CCCC1. The van der Waals surface area contributed by atoms with Gasteiger partial charge in [-0.15, -0.1) is 0 Å². The first-order chi connectivity index (χ1) is 9.63. The van der Waals surface area contributed by atoms with Gasteiger partial charge in [0.15, 0.2) is 0 Å². The number of hydrogen-bond acceptors (Lipinski definition) is 3. The van der Waals surface area contributed by atoms with Crippen LogP contribution >= 0.6 is 0 Å². The summed E-state index contributed by atoms with van der Waals surface area (Å²) in [6.45, 7) is 9.74. The van der Waals surface area contributed by atoms with Crippen LogP contribution in [0.4, 0.5) is 0 Å². The normalized spacial score (nSPS) is 15.8. The smallest absolute Gasteiger partial charge is 0.310 e. The van der Waals surface area contributed by atoms with Crippen molar-refractivity contribution in [1.29, 1.82) is 0 Å². The van der Waals surface area contributed by atoms with Crippen LogP contribution in [0, 0.1) is 5.41 Å². The van der Waals surface area contributed by atoms with Gasteiger partial charge in [0.05, 0.1) is 12.0 Å².